The highest BCUT2D eigenvalue weighted by atomic mass is 35.5. The molecule has 1 aromatic rings. The van der Waals surface area contributed by atoms with Gasteiger partial charge in [0, 0.05) is 0 Å². The Bertz CT molecular complexity index is 499. The molecule has 0 fully saturated rings. The van der Waals surface area contributed by atoms with Crippen LogP contribution < -0.4 is 4.74 Å². The number of halogens is 2. The zero-order chi connectivity index (χ0) is 13.9. The third-order valence-corrected chi connectivity index (χ3v) is 2.62. The van der Waals surface area contributed by atoms with E-state index in [1.807, 2.05) is 0 Å². The van der Waals surface area contributed by atoms with Gasteiger partial charge in [0.2, 0.25) is 0 Å². The van der Waals surface area contributed by atoms with Crippen molar-refractivity contribution in [1.29, 1.82) is 0 Å². The van der Waals surface area contributed by atoms with Gasteiger partial charge < -0.3 is 9.47 Å². The molecule has 0 saturated heterocycles. The number of carbonyl (C=O) groups excluding carboxylic acids is 2. The second-order valence-electron chi connectivity index (χ2n) is 3.45. The molecule has 0 aliphatic rings. The van der Waals surface area contributed by atoms with Crippen LogP contribution in [0.5, 0.6) is 5.75 Å². The molecule has 0 saturated carbocycles. The van der Waals surface area contributed by atoms with Gasteiger partial charge in [-0.05, 0) is 25.5 Å². The molecule has 0 aliphatic carbocycles. The van der Waals surface area contributed by atoms with Gasteiger partial charge in [0.15, 0.2) is 0 Å². The Labute approximate surface area is 109 Å². The Morgan fingerprint density at radius 3 is 2.56 bits per heavy atom. The Kier molecular flexibility index (Phi) is 4.67. The first-order chi connectivity index (χ1) is 8.43. The van der Waals surface area contributed by atoms with E-state index in [2.05, 4.69) is 4.74 Å². The Balaban J connectivity index is 3.38. The van der Waals surface area contributed by atoms with Crippen LogP contribution in [0.1, 0.15) is 22.8 Å². The molecular weight excluding hydrogens is 263 g/mol. The Morgan fingerprint density at radius 1 is 1.44 bits per heavy atom. The third kappa shape index (κ3) is 2.61. The van der Waals surface area contributed by atoms with E-state index < -0.39 is 22.6 Å². The number of benzene rings is 1. The van der Waals surface area contributed by atoms with E-state index in [1.54, 1.807) is 13.8 Å². The van der Waals surface area contributed by atoms with Crippen molar-refractivity contribution in [2.24, 2.45) is 0 Å². The number of rotatable bonds is 4. The van der Waals surface area contributed by atoms with Crippen LogP contribution in [0, 0.1) is 12.7 Å². The summed E-state index contributed by atoms with van der Waals surface area (Å²) in [6.45, 7) is 3.14. The second-order valence-corrected chi connectivity index (χ2v) is 3.83. The maximum Gasteiger partial charge on any atom is 0.379 e. The average Bonchev–Trinajstić information content (AvgIpc) is 2.32. The maximum atomic E-state index is 13.5. The van der Waals surface area contributed by atoms with Gasteiger partial charge in [-0.3, -0.25) is 4.79 Å². The number of carbonyl (C=O) groups is 2. The number of Topliss-reactive ketones (excluding diaryl/α,β-unsaturated/α-hetero) is 1. The van der Waals surface area contributed by atoms with Gasteiger partial charge in [-0.2, -0.15) is 0 Å². The highest BCUT2D eigenvalue weighted by molar-refractivity contribution is 6.46. The summed E-state index contributed by atoms with van der Waals surface area (Å²) >= 11 is 5.70. The fraction of sp³-hybridized carbons (Fsp3) is 0.333. The minimum Gasteiger partial charge on any atom is -0.496 e. The number of ether oxygens (including phenoxy) is 2. The third-order valence-electron chi connectivity index (χ3n) is 2.25. The number of esters is 1. The van der Waals surface area contributed by atoms with Gasteiger partial charge >= 0.3 is 5.97 Å². The smallest absolute Gasteiger partial charge is 0.379 e. The van der Waals surface area contributed by atoms with E-state index in [0.29, 0.717) is 5.56 Å². The molecule has 0 spiro atoms. The molecule has 0 bridgehead atoms. The summed E-state index contributed by atoms with van der Waals surface area (Å²) in [7, 11) is 1.30. The lowest BCUT2D eigenvalue weighted by Crippen LogP contribution is -2.19. The van der Waals surface area contributed by atoms with Crippen LogP contribution in [-0.2, 0) is 9.53 Å². The second kappa shape index (κ2) is 5.82. The lowest BCUT2D eigenvalue weighted by molar-refractivity contribution is -0.137. The molecule has 6 heteroatoms. The zero-order valence-electron chi connectivity index (χ0n) is 10.2. The van der Waals surface area contributed by atoms with E-state index >= 15 is 0 Å². The number of methoxy groups -OCH3 is 1. The molecule has 0 unspecified atom stereocenters. The minimum absolute atomic E-state index is 0.0405. The van der Waals surface area contributed by atoms with Crippen molar-refractivity contribution >= 4 is 23.4 Å². The average molecular weight is 275 g/mol. The number of ketones is 1. The molecule has 1 rings (SSSR count). The fourth-order valence-electron chi connectivity index (χ4n) is 1.50. The highest BCUT2D eigenvalue weighted by Gasteiger charge is 2.27. The van der Waals surface area contributed by atoms with E-state index in [4.69, 9.17) is 16.3 Å². The SMILES string of the molecule is CCOC(=O)C(=O)c1c(Cl)c(F)cc(C)c1OC. The highest BCUT2D eigenvalue weighted by Crippen LogP contribution is 2.33. The largest absolute Gasteiger partial charge is 0.496 e. The molecular formula is C12H12ClFO4. The first-order valence-electron chi connectivity index (χ1n) is 5.18. The number of hydrogen-bond donors (Lipinski definition) is 0. The van der Waals surface area contributed by atoms with E-state index in [1.165, 1.54) is 7.11 Å². The fourth-order valence-corrected chi connectivity index (χ4v) is 1.73. The molecule has 0 atom stereocenters. The summed E-state index contributed by atoms with van der Waals surface area (Å²) in [5.74, 6) is -2.84. The van der Waals surface area contributed by atoms with Crippen molar-refractivity contribution < 1.29 is 23.5 Å². The topological polar surface area (TPSA) is 52.6 Å². The quantitative estimate of drug-likeness (QED) is 0.481. The molecule has 0 aromatic heterocycles. The van der Waals surface area contributed by atoms with Crippen LogP contribution in [-0.4, -0.2) is 25.5 Å². The molecule has 18 heavy (non-hydrogen) atoms. The van der Waals surface area contributed by atoms with Crippen molar-refractivity contribution in [3.05, 3.63) is 28.0 Å². The van der Waals surface area contributed by atoms with Gasteiger partial charge in [0.05, 0.1) is 24.3 Å². The molecule has 0 N–H and O–H groups in total. The van der Waals surface area contributed by atoms with Gasteiger partial charge in [0.25, 0.3) is 5.78 Å². The van der Waals surface area contributed by atoms with Gasteiger partial charge in [-0.15, -0.1) is 0 Å². The van der Waals surface area contributed by atoms with Crippen molar-refractivity contribution in [2.75, 3.05) is 13.7 Å². The first-order valence-corrected chi connectivity index (χ1v) is 5.55. The van der Waals surface area contributed by atoms with E-state index in [9.17, 15) is 14.0 Å². The van der Waals surface area contributed by atoms with Gasteiger partial charge in [-0.25, -0.2) is 9.18 Å². The summed E-state index contributed by atoms with van der Waals surface area (Å²) in [6.07, 6.45) is 0. The summed E-state index contributed by atoms with van der Waals surface area (Å²) in [5.41, 5.74) is 0.0576. The van der Waals surface area contributed by atoms with Crippen molar-refractivity contribution in [3.63, 3.8) is 0 Å². The van der Waals surface area contributed by atoms with Crippen LogP contribution in [0.25, 0.3) is 0 Å². The molecule has 0 heterocycles. The van der Waals surface area contributed by atoms with Crippen molar-refractivity contribution in [2.45, 2.75) is 13.8 Å². The lowest BCUT2D eigenvalue weighted by atomic mass is 10.1. The van der Waals surface area contributed by atoms with Crippen molar-refractivity contribution in [3.8, 4) is 5.75 Å². The van der Waals surface area contributed by atoms with Gasteiger partial charge in [-0.1, -0.05) is 11.6 Å². The first kappa shape index (κ1) is 14.4. The predicted molar refractivity (Wildman–Crippen MR) is 63.7 cm³/mol. The predicted octanol–water partition coefficient (Wildman–Crippen LogP) is 2.54. The van der Waals surface area contributed by atoms with Gasteiger partial charge in [0.1, 0.15) is 11.6 Å². The van der Waals surface area contributed by atoms with Crippen LogP contribution in [0.4, 0.5) is 4.39 Å². The lowest BCUT2D eigenvalue weighted by Gasteiger charge is -2.12. The summed E-state index contributed by atoms with van der Waals surface area (Å²) in [6, 6.07) is 1.13. The monoisotopic (exact) mass is 274 g/mol. The van der Waals surface area contributed by atoms with Crippen molar-refractivity contribution in [1.82, 2.24) is 0 Å². The molecule has 0 radical (unpaired) electrons. The number of aryl methyl sites for hydroxylation is 1. The van der Waals surface area contributed by atoms with E-state index in [0.717, 1.165) is 6.07 Å². The zero-order valence-corrected chi connectivity index (χ0v) is 10.9. The molecule has 1 aromatic carbocycles. The van der Waals surface area contributed by atoms with E-state index in [-0.39, 0.29) is 17.9 Å². The molecule has 0 amide bonds. The summed E-state index contributed by atoms with van der Waals surface area (Å²) < 4.78 is 23.0. The number of hydrogen-bond acceptors (Lipinski definition) is 4. The molecule has 98 valence electrons. The normalized spacial score (nSPS) is 10.1. The molecule has 4 nitrogen and oxygen atoms in total. The summed E-state index contributed by atoms with van der Waals surface area (Å²) in [5, 5.41) is -0.449. The Morgan fingerprint density at radius 2 is 2.06 bits per heavy atom. The van der Waals surface area contributed by atoms with Crippen LogP contribution >= 0.6 is 11.6 Å². The minimum atomic E-state index is -1.09. The standard InChI is InChI=1S/C12H12ClFO4/c1-4-18-12(16)10(15)8-9(13)7(14)5-6(2)11(8)17-3/h5H,4H2,1-3H3. The van der Waals surface area contributed by atoms with Crippen LogP contribution in [0.3, 0.4) is 0 Å². The summed E-state index contributed by atoms with van der Waals surface area (Å²) in [4.78, 5) is 23.2. The molecule has 0 aliphatic heterocycles. The maximum absolute atomic E-state index is 13.5. The van der Waals surface area contributed by atoms with Crippen LogP contribution in [0.2, 0.25) is 5.02 Å². The Hall–Kier alpha value is -1.62. The van der Waals surface area contributed by atoms with Crippen LogP contribution in [0.15, 0.2) is 6.07 Å².